The van der Waals surface area contributed by atoms with Crippen molar-refractivity contribution in [3.05, 3.63) is 47.0 Å². The molecular weight excluding hydrogens is 332 g/mol. The maximum absolute atomic E-state index is 5.86. The van der Waals surface area contributed by atoms with E-state index in [0.29, 0.717) is 22.5 Å². The van der Waals surface area contributed by atoms with Crippen LogP contribution in [0.25, 0.3) is 0 Å². The fraction of sp³-hybridized carbons (Fsp3) is 0.294. The molecule has 0 fully saturated rings. The molecule has 4 nitrogen and oxygen atoms in total. The van der Waals surface area contributed by atoms with Crippen molar-refractivity contribution in [1.29, 1.82) is 0 Å². The van der Waals surface area contributed by atoms with Crippen molar-refractivity contribution in [2.24, 2.45) is 4.40 Å². The van der Waals surface area contributed by atoms with Crippen molar-refractivity contribution >= 4 is 29.8 Å². The monoisotopic (exact) mass is 350 g/mol. The maximum Gasteiger partial charge on any atom is 0.225 e. The van der Waals surface area contributed by atoms with Crippen molar-refractivity contribution in [3.8, 4) is 17.5 Å². The number of hydrogen-bond acceptors (Lipinski definition) is 5. The average molecular weight is 351 g/mol. The molecule has 1 aromatic carbocycles. The molecule has 0 aliphatic heterocycles. The normalized spacial score (nSPS) is 11.7. The van der Waals surface area contributed by atoms with Crippen molar-refractivity contribution in [2.75, 3.05) is 7.11 Å². The molecule has 0 radical (unpaired) electrons. The van der Waals surface area contributed by atoms with Gasteiger partial charge in [-0.2, -0.15) is 4.98 Å². The van der Waals surface area contributed by atoms with E-state index in [-0.39, 0.29) is 4.75 Å². The Morgan fingerprint density at radius 2 is 1.83 bits per heavy atom. The highest BCUT2D eigenvalue weighted by atomic mass is 35.5. The minimum Gasteiger partial charge on any atom is -0.480 e. The highest BCUT2D eigenvalue weighted by Gasteiger charge is 2.10. The molecule has 0 atom stereocenters. The first-order valence-corrected chi connectivity index (χ1v) is 8.22. The Hall–Kier alpha value is -1.72. The quantitative estimate of drug-likeness (QED) is 0.534. The third-order valence-electron chi connectivity index (χ3n) is 2.61. The Balaban J connectivity index is 2.14. The third kappa shape index (κ3) is 5.77. The molecule has 0 saturated carbocycles. The lowest BCUT2D eigenvalue weighted by Crippen LogP contribution is -2.05. The topological polar surface area (TPSA) is 43.7 Å². The number of hydrogen-bond donors (Lipinski definition) is 0. The van der Waals surface area contributed by atoms with Crippen molar-refractivity contribution in [3.63, 3.8) is 0 Å². The summed E-state index contributed by atoms with van der Waals surface area (Å²) in [5.41, 5.74) is 0.799. The average Bonchev–Trinajstić information content (AvgIpc) is 2.49. The summed E-state index contributed by atoms with van der Waals surface area (Å²) >= 11 is 7.35. The second kappa shape index (κ2) is 7.70. The van der Waals surface area contributed by atoms with Crippen molar-refractivity contribution < 1.29 is 9.47 Å². The fourth-order valence-corrected chi connectivity index (χ4v) is 2.23. The van der Waals surface area contributed by atoms with E-state index in [4.69, 9.17) is 21.1 Å². The van der Waals surface area contributed by atoms with Crippen LogP contribution in [0.4, 0.5) is 0 Å². The molecule has 23 heavy (non-hydrogen) atoms. The second-order valence-electron chi connectivity index (χ2n) is 5.74. The molecule has 0 spiro atoms. The van der Waals surface area contributed by atoms with Crippen LogP contribution in [0.5, 0.6) is 17.5 Å². The lowest BCUT2D eigenvalue weighted by Gasteiger charge is -2.12. The first-order valence-electron chi connectivity index (χ1n) is 7.07. The Kier molecular flexibility index (Phi) is 5.91. The zero-order valence-corrected chi connectivity index (χ0v) is 15.1. The van der Waals surface area contributed by atoms with Gasteiger partial charge in [0.15, 0.2) is 0 Å². The lowest BCUT2D eigenvalue weighted by atomic mass is 10.3. The number of aromatic nitrogens is 1. The van der Waals surface area contributed by atoms with Crippen LogP contribution in [0.1, 0.15) is 26.3 Å². The summed E-state index contributed by atoms with van der Waals surface area (Å²) in [6.45, 7) is 6.31. The van der Waals surface area contributed by atoms with Crippen LogP contribution in [0.15, 0.2) is 40.8 Å². The first kappa shape index (κ1) is 17.6. The first-order chi connectivity index (χ1) is 10.9. The second-order valence-corrected chi connectivity index (χ2v) is 7.80. The van der Waals surface area contributed by atoms with Gasteiger partial charge < -0.3 is 9.47 Å². The number of pyridine rings is 1. The molecule has 2 rings (SSSR count). The molecule has 0 N–H and O–H groups in total. The predicted octanol–water partition coefficient (Wildman–Crippen LogP) is 5.40. The molecule has 0 aliphatic carbocycles. The van der Waals surface area contributed by atoms with E-state index in [0.717, 1.165) is 5.56 Å². The molecule has 0 unspecified atom stereocenters. The predicted molar refractivity (Wildman–Crippen MR) is 97.3 cm³/mol. The Labute approximate surface area is 146 Å². The summed E-state index contributed by atoms with van der Waals surface area (Å²) in [6, 6.07) is 10.7. The van der Waals surface area contributed by atoms with Gasteiger partial charge in [-0.25, -0.2) is 4.40 Å². The highest BCUT2D eigenvalue weighted by molar-refractivity contribution is 7.99. The Morgan fingerprint density at radius 3 is 2.43 bits per heavy atom. The van der Waals surface area contributed by atoms with Crippen LogP contribution in [-0.4, -0.2) is 23.1 Å². The van der Waals surface area contributed by atoms with E-state index >= 15 is 0 Å². The van der Waals surface area contributed by atoms with E-state index in [1.165, 1.54) is 11.9 Å². The summed E-state index contributed by atoms with van der Waals surface area (Å²) in [5.74, 6) is 1.58. The molecule has 2 aromatic rings. The molecular formula is C17H19ClN2O2S. The number of methoxy groups -OCH3 is 1. The van der Waals surface area contributed by atoms with Crippen LogP contribution in [0.3, 0.4) is 0 Å². The Bertz CT molecular complexity index is 682. The van der Waals surface area contributed by atoms with Gasteiger partial charge in [-0.3, -0.25) is 0 Å². The molecule has 122 valence electrons. The molecule has 1 heterocycles. The maximum atomic E-state index is 5.86. The number of ether oxygens (including phenoxy) is 2. The summed E-state index contributed by atoms with van der Waals surface area (Å²) in [5, 5.41) is 0.658. The SMILES string of the molecule is COc1nc(Oc2ccc(Cl)cc2)ccc1/C=N/SC(C)(C)C. The van der Waals surface area contributed by atoms with Gasteiger partial charge in [-0.1, -0.05) is 11.6 Å². The number of benzene rings is 1. The van der Waals surface area contributed by atoms with Gasteiger partial charge >= 0.3 is 0 Å². The number of rotatable bonds is 5. The molecule has 1 aromatic heterocycles. The number of halogens is 1. The van der Waals surface area contributed by atoms with Crippen LogP contribution in [0, 0.1) is 0 Å². The minimum absolute atomic E-state index is 0.0643. The van der Waals surface area contributed by atoms with E-state index in [2.05, 4.69) is 30.2 Å². The molecule has 0 amide bonds. The third-order valence-corrected chi connectivity index (χ3v) is 3.62. The summed E-state index contributed by atoms with van der Waals surface area (Å²) in [6.07, 6.45) is 1.74. The van der Waals surface area contributed by atoms with E-state index in [1.807, 2.05) is 6.07 Å². The van der Waals surface area contributed by atoms with Crippen LogP contribution < -0.4 is 9.47 Å². The molecule has 0 bridgehead atoms. The lowest BCUT2D eigenvalue weighted by molar-refractivity contribution is 0.383. The fourth-order valence-electron chi connectivity index (χ4n) is 1.62. The van der Waals surface area contributed by atoms with Crippen LogP contribution >= 0.6 is 23.5 Å². The van der Waals surface area contributed by atoms with Gasteiger partial charge in [0.25, 0.3) is 0 Å². The van der Waals surface area contributed by atoms with Crippen molar-refractivity contribution in [1.82, 2.24) is 4.98 Å². The zero-order chi connectivity index (χ0) is 16.9. The summed E-state index contributed by atoms with van der Waals surface area (Å²) < 4.78 is 15.4. The number of nitrogens with zero attached hydrogens (tertiary/aromatic N) is 2. The molecule has 0 saturated heterocycles. The van der Waals surface area contributed by atoms with Crippen molar-refractivity contribution in [2.45, 2.75) is 25.5 Å². The van der Waals surface area contributed by atoms with Gasteiger partial charge in [-0.05, 0) is 63.1 Å². The highest BCUT2D eigenvalue weighted by Crippen LogP contribution is 2.27. The van der Waals surface area contributed by atoms with E-state index in [9.17, 15) is 0 Å². The van der Waals surface area contributed by atoms with Crippen LogP contribution in [-0.2, 0) is 0 Å². The summed E-state index contributed by atoms with van der Waals surface area (Å²) in [7, 11) is 1.57. The van der Waals surface area contributed by atoms with Crippen LogP contribution in [0.2, 0.25) is 5.02 Å². The minimum atomic E-state index is 0.0643. The van der Waals surface area contributed by atoms with Gasteiger partial charge in [0.2, 0.25) is 11.8 Å². The van der Waals surface area contributed by atoms with Gasteiger partial charge in [-0.15, -0.1) is 0 Å². The standard InChI is InChI=1S/C17H19ClN2O2S/c1-17(2,3)23-19-11-12-5-10-15(20-16(12)21-4)22-14-8-6-13(18)7-9-14/h5-11H,1-4H3/b19-11+. The smallest absolute Gasteiger partial charge is 0.225 e. The zero-order valence-electron chi connectivity index (χ0n) is 13.5. The largest absolute Gasteiger partial charge is 0.480 e. The molecule has 6 heteroatoms. The molecule has 0 aliphatic rings. The Morgan fingerprint density at radius 1 is 1.13 bits per heavy atom. The van der Waals surface area contributed by atoms with E-state index < -0.39 is 0 Å². The van der Waals surface area contributed by atoms with Gasteiger partial charge in [0.05, 0.1) is 12.7 Å². The summed E-state index contributed by atoms with van der Waals surface area (Å²) in [4.78, 5) is 4.35. The van der Waals surface area contributed by atoms with Gasteiger partial charge in [0.1, 0.15) is 5.75 Å². The van der Waals surface area contributed by atoms with Gasteiger partial charge in [0, 0.05) is 22.1 Å². The van der Waals surface area contributed by atoms with E-state index in [1.54, 1.807) is 43.7 Å².